The molecule has 0 fully saturated rings. The molecule has 3 nitrogen and oxygen atoms in total. The zero-order valence-electron chi connectivity index (χ0n) is 13.2. The Morgan fingerprint density at radius 2 is 1.79 bits per heavy atom. The molecule has 2 aromatic carbocycles. The van der Waals surface area contributed by atoms with Gasteiger partial charge >= 0.3 is 0 Å². The van der Waals surface area contributed by atoms with Crippen molar-refractivity contribution in [2.45, 2.75) is 13.8 Å². The average molecular weight is 360 g/mol. The summed E-state index contributed by atoms with van der Waals surface area (Å²) in [5.41, 5.74) is 3.67. The second-order valence-corrected chi connectivity index (χ2v) is 6.31. The van der Waals surface area contributed by atoms with Crippen LogP contribution in [0.1, 0.15) is 21.7 Å². The number of benzene rings is 2. The fourth-order valence-electron chi connectivity index (χ4n) is 2.33. The first kappa shape index (κ1) is 16.6. The summed E-state index contributed by atoms with van der Waals surface area (Å²) in [4.78, 5) is 12.4. The fourth-order valence-corrected chi connectivity index (χ4v) is 2.63. The highest BCUT2D eigenvalue weighted by Crippen LogP contribution is 2.30. The van der Waals surface area contributed by atoms with Gasteiger partial charge in [-0.25, -0.2) is 0 Å². The van der Waals surface area contributed by atoms with Gasteiger partial charge < -0.3 is 9.73 Å². The molecule has 1 heterocycles. The minimum Gasteiger partial charge on any atom is -0.451 e. The molecule has 5 heteroatoms. The van der Waals surface area contributed by atoms with E-state index in [1.807, 2.05) is 32.0 Å². The Kier molecular flexibility index (Phi) is 4.65. The second kappa shape index (κ2) is 6.71. The third kappa shape index (κ3) is 3.32. The molecule has 1 aromatic heterocycles. The van der Waals surface area contributed by atoms with Crippen molar-refractivity contribution in [2.24, 2.45) is 0 Å². The molecule has 0 aliphatic carbocycles. The molecule has 0 saturated heterocycles. The number of carbonyl (C=O) groups is 1. The quantitative estimate of drug-likeness (QED) is 0.611. The second-order valence-electron chi connectivity index (χ2n) is 5.49. The minimum absolute atomic E-state index is 0.233. The number of furan rings is 1. The number of hydrogen-bond acceptors (Lipinski definition) is 2. The molecule has 3 aromatic rings. The van der Waals surface area contributed by atoms with E-state index in [-0.39, 0.29) is 11.7 Å². The number of halogens is 2. The summed E-state index contributed by atoms with van der Waals surface area (Å²) in [7, 11) is 0. The van der Waals surface area contributed by atoms with Crippen molar-refractivity contribution in [3.8, 4) is 11.3 Å². The van der Waals surface area contributed by atoms with Crippen LogP contribution >= 0.6 is 23.2 Å². The molecular formula is C19H15Cl2NO2. The van der Waals surface area contributed by atoms with E-state index in [0.29, 0.717) is 15.8 Å². The molecule has 1 amide bonds. The predicted molar refractivity (Wildman–Crippen MR) is 98.0 cm³/mol. The van der Waals surface area contributed by atoms with Crippen LogP contribution in [0.15, 0.2) is 52.9 Å². The lowest BCUT2D eigenvalue weighted by molar-refractivity contribution is 0.0997. The van der Waals surface area contributed by atoms with Gasteiger partial charge in [-0.1, -0.05) is 35.3 Å². The van der Waals surface area contributed by atoms with Gasteiger partial charge in [-0.2, -0.15) is 0 Å². The van der Waals surface area contributed by atoms with E-state index in [2.05, 4.69) is 5.32 Å². The SMILES string of the molecule is Cc1cccc(NC(=O)c2ccc(-c3ccc(Cl)c(Cl)c3)o2)c1C. The van der Waals surface area contributed by atoms with Crippen LogP contribution in [-0.2, 0) is 0 Å². The zero-order valence-corrected chi connectivity index (χ0v) is 14.7. The van der Waals surface area contributed by atoms with E-state index in [0.717, 1.165) is 22.4 Å². The first-order valence-electron chi connectivity index (χ1n) is 7.38. The molecule has 0 aliphatic rings. The van der Waals surface area contributed by atoms with Gasteiger partial charge in [0.05, 0.1) is 10.0 Å². The molecule has 0 saturated carbocycles. The monoisotopic (exact) mass is 359 g/mol. The van der Waals surface area contributed by atoms with Crippen molar-refractivity contribution in [3.05, 3.63) is 75.5 Å². The summed E-state index contributed by atoms with van der Waals surface area (Å²) in [6, 6.07) is 14.3. The largest absolute Gasteiger partial charge is 0.451 e. The van der Waals surface area contributed by atoms with Crippen LogP contribution in [0.5, 0.6) is 0 Å². The van der Waals surface area contributed by atoms with Gasteiger partial charge in [-0.3, -0.25) is 4.79 Å². The molecule has 122 valence electrons. The van der Waals surface area contributed by atoms with Crippen LogP contribution < -0.4 is 5.32 Å². The van der Waals surface area contributed by atoms with Crippen LogP contribution in [0.25, 0.3) is 11.3 Å². The Bertz CT molecular complexity index is 915. The van der Waals surface area contributed by atoms with Crippen molar-refractivity contribution in [3.63, 3.8) is 0 Å². The Labute approximate surface area is 150 Å². The summed E-state index contributed by atoms with van der Waals surface area (Å²) in [5.74, 6) is 0.492. The molecule has 0 aliphatic heterocycles. The van der Waals surface area contributed by atoms with E-state index in [1.54, 1.807) is 30.3 Å². The van der Waals surface area contributed by atoms with Crippen molar-refractivity contribution >= 4 is 34.8 Å². The number of hydrogen-bond donors (Lipinski definition) is 1. The topological polar surface area (TPSA) is 42.2 Å². The highest BCUT2D eigenvalue weighted by molar-refractivity contribution is 6.42. The summed E-state index contributed by atoms with van der Waals surface area (Å²) in [6.45, 7) is 3.97. The van der Waals surface area contributed by atoms with Gasteiger partial charge in [-0.05, 0) is 61.4 Å². The van der Waals surface area contributed by atoms with Crippen molar-refractivity contribution in [1.82, 2.24) is 0 Å². The van der Waals surface area contributed by atoms with Crippen LogP contribution in [-0.4, -0.2) is 5.91 Å². The highest BCUT2D eigenvalue weighted by atomic mass is 35.5. The molecule has 0 unspecified atom stereocenters. The molecule has 24 heavy (non-hydrogen) atoms. The summed E-state index contributed by atoms with van der Waals surface area (Å²) >= 11 is 11.9. The van der Waals surface area contributed by atoms with E-state index in [1.165, 1.54) is 0 Å². The molecular weight excluding hydrogens is 345 g/mol. The maximum Gasteiger partial charge on any atom is 0.291 e. The maximum atomic E-state index is 12.4. The summed E-state index contributed by atoms with van der Waals surface area (Å²) < 4.78 is 5.65. The van der Waals surface area contributed by atoms with Gasteiger partial charge in [0.1, 0.15) is 5.76 Å². The number of aryl methyl sites for hydroxylation is 1. The van der Waals surface area contributed by atoms with Crippen LogP contribution in [0, 0.1) is 13.8 Å². The molecule has 0 spiro atoms. The normalized spacial score (nSPS) is 10.7. The van der Waals surface area contributed by atoms with Gasteiger partial charge in [-0.15, -0.1) is 0 Å². The number of rotatable bonds is 3. The fraction of sp³-hybridized carbons (Fsp3) is 0.105. The molecule has 0 radical (unpaired) electrons. The number of anilines is 1. The summed E-state index contributed by atoms with van der Waals surface area (Å²) in [5, 5.41) is 3.78. The van der Waals surface area contributed by atoms with E-state index < -0.39 is 0 Å². The van der Waals surface area contributed by atoms with Crippen molar-refractivity contribution in [2.75, 3.05) is 5.32 Å². The first-order valence-corrected chi connectivity index (χ1v) is 8.14. The number of carbonyl (C=O) groups excluding carboxylic acids is 1. The molecule has 3 rings (SSSR count). The Hall–Kier alpha value is -2.23. The third-order valence-corrected chi connectivity index (χ3v) is 4.63. The zero-order chi connectivity index (χ0) is 17.3. The molecule has 1 N–H and O–H groups in total. The smallest absolute Gasteiger partial charge is 0.291 e. The maximum absolute atomic E-state index is 12.4. The standard InChI is InChI=1S/C19H15Cl2NO2/c1-11-4-3-5-16(12(11)2)22-19(23)18-9-8-17(24-18)13-6-7-14(20)15(21)10-13/h3-10H,1-2H3,(H,22,23). The van der Waals surface area contributed by atoms with Crippen molar-refractivity contribution < 1.29 is 9.21 Å². The Morgan fingerprint density at radius 3 is 2.54 bits per heavy atom. The first-order chi connectivity index (χ1) is 11.5. The number of amides is 1. The predicted octanol–water partition coefficient (Wildman–Crippen LogP) is 6.12. The lowest BCUT2D eigenvalue weighted by Crippen LogP contribution is -2.12. The Morgan fingerprint density at radius 1 is 1.00 bits per heavy atom. The van der Waals surface area contributed by atoms with Crippen LogP contribution in [0.3, 0.4) is 0 Å². The third-order valence-electron chi connectivity index (χ3n) is 3.89. The van der Waals surface area contributed by atoms with Crippen molar-refractivity contribution in [1.29, 1.82) is 0 Å². The van der Waals surface area contributed by atoms with Gasteiger partial charge in [0.15, 0.2) is 5.76 Å². The van der Waals surface area contributed by atoms with Gasteiger partial charge in [0.2, 0.25) is 0 Å². The minimum atomic E-state index is -0.296. The highest BCUT2D eigenvalue weighted by Gasteiger charge is 2.14. The lowest BCUT2D eigenvalue weighted by atomic mass is 10.1. The van der Waals surface area contributed by atoms with Crippen LogP contribution in [0.4, 0.5) is 5.69 Å². The lowest BCUT2D eigenvalue weighted by Gasteiger charge is -2.09. The molecule has 0 bridgehead atoms. The van der Waals surface area contributed by atoms with E-state index in [4.69, 9.17) is 27.6 Å². The van der Waals surface area contributed by atoms with E-state index >= 15 is 0 Å². The van der Waals surface area contributed by atoms with Gasteiger partial charge in [0, 0.05) is 11.3 Å². The average Bonchev–Trinajstić information content (AvgIpc) is 3.04. The van der Waals surface area contributed by atoms with Crippen LogP contribution in [0.2, 0.25) is 10.0 Å². The number of nitrogens with one attached hydrogen (secondary N) is 1. The van der Waals surface area contributed by atoms with Gasteiger partial charge in [0.25, 0.3) is 5.91 Å². The Balaban J connectivity index is 1.83. The summed E-state index contributed by atoms with van der Waals surface area (Å²) in [6.07, 6.45) is 0. The molecule has 0 atom stereocenters. The van der Waals surface area contributed by atoms with E-state index in [9.17, 15) is 4.79 Å².